The topological polar surface area (TPSA) is 284 Å². The van der Waals surface area contributed by atoms with Crippen molar-refractivity contribution in [1.29, 1.82) is 0 Å². The Morgan fingerprint density at radius 1 is 0.356 bits per heavy atom. The van der Waals surface area contributed by atoms with Gasteiger partial charge in [-0.25, -0.2) is 19.2 Å². The first kappa shape index (κ1) is 66.1. The lowest BCUT2D eigenvalue weighted by Gasteiger charge is -2.09. The Hall–Kier alpha value is -11.7. The molecule has 2 amide bonds. The van der Waals surface area contributed by atoms with Gasteiger partial charge in [-0.15, -0.1) is 0 Å². The molecule has 18 nitrogen and oxygen atoms in total. The van der Waals surface area contributed by atoms with E-state index < -0.39 is 23.8 Å². The normalized spacial score (nSPS) is 10.2. The molecule has 0 spiro atoms. The smallest absolute Gasteiger partial charge is 0.343 e. The Morgan fingerprint density at radius 3 is 1.01 bits per heavy atom. The number of carbonyl (C=O) groups is 10. The van der Waals surface area contributed by atoms with Gasteiger partial charge >= 0.3 is 23.9 Å². The lowest BCUT2D eigenvalue weighted by molar-refractivity contribution is -0.114. The zero-order valence-electron chi connectivity index (χ0n) is 48.4. The summed E-state index contributed by atoms with van der Waals surface area (Å²) in [4.78, 5) is 114. The average Bonchev–Trinajstić information content (AvgIpc) is 3.37. The van der Waals surface area contributed by atoms with Crippen LogP contribution in [0.1, 0.15) is 98.9 Å². The number of carbonyl (C=O) groups excluding carboxylic acids is 10. The van der Waals surface area contributed by atoms with Gasteiger partial charge in [0, 0.05) is 35.2 Å². The van der Waals surface area contributed by atoms with Crippen LogP contribution in [-0.2, 0) is 30.4 Å². The van der Waals surface area contributed by atoms with Gasteiger partial charge in [-0.3, -0.25) is 28.8 Å². The highest BCUT2D eigenvalue weighted by atomic mass is 16.5. The van der Waals surface area contributed by atoms with E-state index in [4.69, 9.17) is 30.4 Å². The first-order chi connectivity index (χ1) is 41.5. The number of benzene rings is 8. The van der Waals surface area contributed by atoms with E-state index in [1.165, 1.54) is 71.1 Å². The van der Waals surface area contributed by atoms with E-state index in [-0.39, 0.29) is 51.9 Å². The molecule has 0 saturated heterocycles. The van der Waals surface area contributed by atoms with Gasteiger partial charge in [-0.2, -0.15) is 0 Å². The largest absolute Gasteiger partial charge is 0.423 e. The van der Waals surface area contributed by atoms with Gasteiger partial charge in [-0.05, 0) is 227 Å². The first-order valence-corrected chi connectivity index (χ1v) is 26.7. The van der Waals surface area contributed by atoms with E-state index in [9.17, 15) is 47.9 Å². The Balaban J connectivity index is 0.000000255. The molecule has 0 aliphatic rings. The second-order valence-electron chi connectivity index (χ2n) is 18.8. The summed E-state index contributed by atoms with van der Waals surface area (Å²) < 4.78 is 21.6. The minimum absolute atomic E-state index is 0.0970. The Morgan fingerprint density at radius 2 is 0.667 bits per heavy atom. The minimum Gasteiger partial charge on any atom is -0.423 e. The summed E-state index contributed by atoms with van der Waals surface area (Å²) in [5.74, 6) is -1.53. The number of hydrogen-bond donors (Lipinski definition) is 4. The first-order valence-electron chi connectivity index (χ1n) is 26.7. The van der Waals surface area contributed by atoms with Crippen LogP contribution in [0.15, 0.2) is 218 Å². The van der Waals surface area contributed by atoms with Gasteiger partial charge in [0.05, 0.1) is 22.3 Å². The maximum Gasteiger partial charge on any atom is 0.343 e. The fourth-order valence-corrected chi connectivity index (χ4v) is 7.13. The van der Waals surface area contributed by atoms with Gasteiger partial charge in [0.25, 0.3) is 5.91 Å². The molecule has 0 bridgehead atoms. The Labute approximate surface area is 502 Å². The molecule has 442 valence electrons. The maximum absolute atomic E-state index is 12.8. The summed E-state index contributed by atoms with van der Waals surface area (Å²) >= 11 is 0. The van der Waals surface area contributed by atoms with Gasteiger partial charge in [0.15, 0.2) is 23.1 Å². The number of nitrogen functional groups attached to an aromatic ring is 2. The monoisotopic (exact) mass is 1170 g/mol. The summed E-state index contributed by atoms with van der Waals surface area (Å²) in [5, 5.41) is 5.36. The third-order valence-corrected chi connectivity index (χ3v) is 11.5. The molecular weight excluding hydrogens is 1110 g/mol. The second kappa shape index (κ2) is 33.4. The molecule has 0 fully saturated rings. The van der Waals surface area contributed by atoms with Crippen LogP contribution in [0.3, 0.4) is 0 Å². The number of amides is 2. The number of allylic oxidation sites excluding steroid dienone is 4. The highest BCUT2D eigenvalue weighted by Crippen LogP contribution is 2.27. The summed E-state index contributed by atoms with van der Waals surface area (Å²) in [6, 6.07) is 53.5. The predicted molar refractivity (Wildman–Crippen MR) is 332 cm³/mol. The number of aryl methyl sites for hydroxylation is 1. The van der Waals surface area contributed by atoms with Crippen LogP contribution in [0.5, 0.6) is 23.0 Å². The molecule has 6 N–H and O–H groups in total. The Bertz CT molecular complexity index is 3730. The zero-order chi connectivity index (χ0) is 63.4. The van der Waals surface area contributed by atoms with E-state index in [1.54, 1.807) is 140 Å². The predicted octanol–water partition coefficient (Wildman–Crippen LogP) is 12.3. The van der Waals surface area contributed by atoms with Crippen molar-refractivity contribution in [2.75, 3.05) is 22.1 Å². The fraction of sp³-hybridized carbons (Fsp3) is 0.101. The second-order valence-corrected chi connectivity index (χ2v) is 18.8. The SMILES string of the molecule is CC(=O)/C=C\C(C)=O.CC(=O)/C=C\C(C)=O.CC(=O)Nc1ccc(OC(=O)c2cccc(C(=O)Nc3ccc(OC(=O)c4ccc(N)cc4)cc3)c2)cc1.CCc1cccc(C(=O)Oc2ccc(-c3ccc(OC(=O)c4ccc(N)cc4)cc3)cc2)c1. The molecule has 8 aromatic carbocycles. The molecule has 0 heterocycles. The molecule has 0 aliphatic carbocycles. The van der Waals surface area contributed by atoms with Gasteiger partial charge < -0.3 is 41.0 Å². The van der Waals surface area contributed by atoms with E-state index in [1.807, 2.05) is 49.4 Å². The van der Waals surface area contributed by atoms with Crippen LogP contribution in [0, 0.1) is 0 Å². The molecule has 0 aromatic heterocycles. The number of hydrogen-bond acceptors (Lipinski definition) is 16. The van der Waals surface area contributed by atoms with Crippen molar-refractivity contribution >= 4 is 81.6 Å². The van der Waals surface area contributed by atoms with Crippen LogP contribution in [-0.4, -0.2) is 58.8 Å². The van der Waals surface area contributed by atoms with E-state index >= 15 is 0 Å². The number of ether oxygens (including phenoxy) is 4. The summed E-state index contributed by atoms with van der Waals surface area (Å²) in [6.07, 6.45) is 5.87. The molecule has 0 unspecified atom stereocenters. The summed E-state index contributed by atoms with van der Waals surface area (Å²) in [6.45, 7) is 9.05. The third-order valence-electron chi connectivity index (χ3n) is 11.5. The number of nitrogens with two attached hydrogens (primary N) is 2. The number of nitrogens with one attached hydrogen (secondary N) is 2. The van der Waals surface area contributed by atoms with Gasteiger partial charge in [-0.1, -0.05) is 49.4 Å². The molecule has 18 heteroatoms. The van der Waals surface area contributed by atoms with Crippen LogP contribution < -0.4 is 41.0 Å². The summed E-state index contributed by atoms with van der Waals surface area (Å²) in [5.41, 5.74) is 18.2. The van der Waals surface area contributed by atoms with E-state index in [2.05, 4.69) is 10.6 Å². The van der Waals surface area contributed by atoms with Crippen LogP contribution in [0.4, 0.5) is 22.7 Å². The van der Waals surface area contributed by atoms with Crippen molar-refractivity contribution in [2.24, 2.45) is 0 Å². The molecule has 8 aromatic rings. The molecule has 8 rings (SSSR count). The van der Waals surface area contributed by atoms with Crippen molar-refractivity contribution < 1.29 is 66.9 Å². The molecule has 0 saturated carbocycles. The average molecular weight is 1170 g/mol. The van der Waals surface area contributed by atoms with E-state index in [0.717, 1.165) is 23.1 Å². The number of ketones is 4. The maximum atomic E-state index is 12.8. The highest BCUT2D eigenvalue weighted by molar-refractivity contribution is 6.06. The van der Waals surface area contributed by atoms with Crippen molar-refractivity contribution in [3.05, 3.63) is 252 Å². The third kappa shape index (κ3) is 23.6. The molecular formula is C69H62N4O14. The van der Waals surface area contributed by atoms with Crippen LogP contribution >= 0.6 is 0 Å². The standard InChI is InChI=1S/C29H23N3O6.C28H23NO4.2C6H8O2/c1-18(33)31-23-9-13-26(14-10-23)38-29(36)21-4-2-3-20(17-21)27(34)32-24-11-15-25(16-12-24)37-28(35)19-5-7-22(30)8-6-19;1-2-19-4-3-5-23(18-19)28(31)33-26-16-10-21(11-17-26)20-8-14-25(15-9-20)32-27(30)22-6-12-24(29)13-7-22;2*1-5(7)3-4-6(2)8/h2-17H,30H2,1H3,(H,31,33)(H,32,34);3-18H,2,29H2,1H3;2*3-4H,1-2H3/b;;2*4-3-. The highest BCUT2D eigenvalue weighted by Gasteiger charge is 2.15. The Kier molecular flexibility index (Phi) is 25.4. The minimum atomic E-state index is -0.640. The fourth-order valence-electron chi connectivity index (χ4n) is 7.13. The van der Waals surface area contributed by atoms with Crippen molar-refractivity contribution in [3.8, 4) is 34.1 Å². The molecule has 87 heavy (non-hydrogen) atoms. The summed E-state index contributed by atoms with van der Waals surface area (Å²) in [7, 11) is 0. The lowest BCUT2D eigenvalue weighted by atomic mass is 10.1. The zero-order valence-corrected chi connectivity index (χ0v) is 48.4. The quantitative estimate of drug-likeness (QED) is 0.0285. The van der Waals surface area contributed by atoms with Gasteiger partial charge in [0.2, 0.25) is 5.91 Å². The number of esters is 4. The molecule has 0 atom stereocenters. The van der Waals surface area contributed by atoms with Gasteiger partial charge in [0.1, 0.15) is 23.0 Å². The van der Waals surface area contributed by atoms with Crippen LogP contribution in [0.2, 0.25) is 0 Å². The van der Waals surface area contributed by atoms with Crippen molar-refractivity contribution in [3.63, 3.8) is 0 Å². The van der Waals surface area contributed by atoms with E-state index in [0.29, 0.717) is 56.7 Å². The van der Waals surface area contributed by atoms with Crippen molar-refractivity contribution in [1.82, 2.24) is 0 Å². The molecule has 0 aliphatic heterocycles. The van der Waals surface area contributed by atoms with Crippen LogP contribution in [0.25, 0.3) is 11.1 Å². The number of anilines is 4. The molecule has 0 radical (unpaired) electrons. The number of rotatable bonds is 17. The lowest BCUT2D eigenvalue weighted by Crippen LogP contribution is -2.14. The van der Waals surface area contributed by atoms with Crippen molar-refractivity contribution in [2.45, 2.75) is 48.0 Å².